The van der Waals surface area contributed by atoms with Gasteiger partial charge in [0.1, 0.15) is 5.52 Å². The second kappa shape index (κ2) is 10.9. The van der Waals surface area contributed by atoms with Crippen LogP contribution < -0.4 is 0 Å². The summed E-state index contributed by atoms with van der Waals surface area (Å²) >= 11 is 0. The third-order valence-electron chi connectivity index (χ3n) is 10.6. The normalized spacial score (nSPS) is 27.4. The molecule has 3 nitrogen and oxygen atoms in total. The van der Waals surface area contributed by atoms with Gasteiger partial charge in [0.2, 0.25) is 5.89 Å². The first-order chi connectivity index (χ1) is 20.9. The van der Waals surface area contributed by atoms with Crippen LogP contribution in [0.3, 0.4) is 0 Å². The van der Waals surface area contributed by atoms with Crippen LogP contribution in [0.5, 0.6) is 0 Å². The Morgan fingerprint density at radius 3 is 2.74 bits per heavy atom. The smallest absolute Gasteiger partial charge is 0.226 e. The Hall–Kier alpha value is -4.11. The molecule has 0 spiro atoms. The van der Waals surface area contributed by atoms with Crippen molar-refractivity contribution in [1.82, 2.24) is 9.88 Å². The van der Waals surface area contributed by atoms with Gasteiger partial charge in [0.25, 0.3) is 0 Å². The topological polar surface area (TPSA) is 29.3 Å². The summed E-state index contributed by atoms with van der Waals surface area (Å²) in [6.07, 6.45) is 24.7. The number of aromatic nitrogens is 1. The summed E-state index contributed by atoms with van der Waals surface area (Å²) in [6, 6.07) is 15.3. The highest BCUT2D eigenvalue weighted by molar-refractivity contribution is 5.78. The summed E-state index contributed by atoms with van der Waals surface area (Å²) in [7, 11) is 2.30. The highest BCUT2D eigenvalue weighted by Gasteiger charge is 2.52. The number of para-hydroxylation sites is 2. The molecule has 4 aliphatic carbocycles. The lowest BCUT2D eigenvalue weighted by Crippen LogP contribution is -2.48. The summed E-state index contributed by atoms with van der Waals surface area (Å²) < 4.78 is 6.13. The molecule has 0 saturated heterocycles. The van der Waals surface area contributed by atoms with Crippen LogP contribution in [0.25, 0.3) is 22.7 Å². The summed E-state index contributed by atoms with van der Waals surface area (Å²) in [5, 5.41) is 0. The van der Waals surface area contributed by atoms with E-state index in [0.717, 1.165) is 35.9 Å². The average Bonchev–Trinajstić information content (AvgIpc) is 3.31. The molecule has 0 amide bonds. The van der Waals surface area contributed by atoms with E-state index in [2.05, 4.69) is 106 Å². The lowest BCUT2D eigenvalue weighted by Gasteiger charge is -2.55. The molecule has 218 valence electrons. The zero-order valence-electron chi connectivity index (χ0n) is 25.7. The Kier molecular flexibility index (Phi) is 7.00. The number of hydrogen-bond donors (Lipinski definition) is 0. The third-order valence-corrected chi connectivity index (χ3v) is 10.6. The summed E-state index contributed by atoms with van der Waals surface area (Å²) in [6.45, 7) is 13.3. The van der Waals surface area contributed by atoms with Crippen LogP contribution in [0.4, 0.5) is 0 Å². The Morgan fingerprint density at radius 2 is 1.93 bits per heavy atom. The molecular formula is C40H42N2O. The zero-order chi connectivity index (χ0) is 29.7. The fourth-order valence-corrected chi connectivity index (χ4v) is 8.51. The second-order valence-corrected chi connectivity index (χ2v) is 13.2. The standard InChI is InChI=1S/C40H42N2O/c1-6-14-26(7-2)37-34(25-28-16-13-20-32-36(28)38(37)30-18-8-9-19-31(30)40(32,3)4)42(5)29-17-12-15-27(23-24-29)39-41-33-21-10-11-22-35(33)43-39/h6-7,9-16,19-23,25,29-31,37-38H,1-2,8,17-18,24H2,3-5H3/b26-14+. The average molecular weight is 567 g/mol. The molecule has 43 heavy (non-hydrogen) atoms. The molecule has 0 N–H and O–H groups in total. The fourth-order valence-electron chi connectivity index (χ4n) is 8.51. The van der Waals surface area contributed by atoms with Crippen molar-refractivity contribution in [2.24, 2.45) is 17.8 Å². The molecule has 0 radical (unpaired) electrons. The number of oxazole rings is 1. The monoisotopic (exact) mass is 566 g/mol. The predicted octanol–water partition coefficient (Wildman–Crippen LogP) is 9.79. The molecule has 5 atom stereocenters. The van der Waals surface area contributed by atoms with Crippen LogP contribution in [-0.2, 0) is 5.41 Å². The molecule has 1 aromatic heterocycles. The van der Waals surface area contributed by atoms with Gasteiger partial charge in [-0.3, -0.25) is 0 Å². The minimum absolute atomic E-state index is 0.0969. The molecule has 7 rings (SSSR count). The lowest BCUT2D eigenvalue weighted by atomic mass is 9.50. The number of fused-ring (bicyclic) bond motifs is 3. The van der Waals surface area contributed by atoms with Crippen LogP contribution in [0.2, 0.25) is 0 Å². The van der Waals surface area contributed by atoms with Crippen molar-refractivity contribution in [1.29, 1.82) is 0 Å². The Morgan fingerprint density at radius 1 is 1.07 bits per heavy atom. The maximum Gasteiger partial charge on any atom is 0.226 e. The minimum atomic E-state index is 0.0969. The van der Waals surface area contributed by atoms with Gasteiger partial charge in [-0.1, -0.05) is 106 Å². The number of benzene rings is 2. The highest BCUT2D eigenvalue weighted by Crippen LogP contribution is 2.60. The highest BCUT2D eigenvalue weighted by atomic mass is 16.3. The molecule has 0 saturated carbocycles. The van der Waals surface area contributed by atoms with Gasteiger partial charge in [0, 0.05) is 36.2 Å². The minimum Gasteiger partial charge on any atom is -0.436 e. The maximum atomic E-state index is 6.13. The van der Waals surface area contributed by atoms with Gasteiger partial charge < -0.3 is 9.32 Å². The molecule has 1 heterocycles. The SMILES string of the molecule is C=C/C=C(\C=C)C1C(N(C)C2CC=CC(c3nc4ccccc4o3)=CC2)=Cc2cccc3c2C1C1CCC=CC1C3(C)C. The van der Waals surface area contributed by atoms with E-state index in [0.29, 0.717) is 29.7 Å². The van der Waals surface area contributed by atoms with Gasteiger partial charge >= 0.3 is 0 Å². The van der Waals surface area contributed by atoms with E-state index in [-0.39, 0.29) is 11.3 Å². The van der Waals surface area contributed by atoms with Crippen molar-refractivity contribution in [3.63, 3.8) is 0 Å². The molecule has 2 aromatic carbocycles. The van der Waals surface area contributed by atoms with Crippen LogP contribution in [0, 0.1) is 17.8 Å². The van der Waals surface area contributed by atoms with Gasteiger partial charge in [-0.15, -0.1) is 0 Å². The number of hydrogen-bond acceptors (Lipinski definition) is 3. The number of allylic oxidation sites excluding steroid dienone is 8. The molecule has 3 aromatic rings. The Balaban J connectivity index is 1.31. The molecular weight excluding hydrogens is 524 g/mol. The van der Waals surface area contributed by atoms with Gasteiger partial charge in [0.15, 0.2) is 5.58 Å². The van der Waals surface area contributed by atoms with Crippen molar-refractivity contribution in [2.45, 2.75) is 56.9 Å². The second-order valence-electron chi connectivity index (χ2n) is 13.2. The zero-order valence-corrected chi connectivity index (χ0v) is 25.7. The first-order valence-electron chi connectivity index (χ1n) is 15.8. The van der Waals surface area contributed by atoms with E-state index >= 15 is 0 Å². The summed E-state index contributed by atoms with van der Waals surface area (Å²) in [5.41, 5.74) is 9.98. The quantitative estimate of drug-likeness (QED) is 0.220. The maximum absolute atomic E-state index is 6.13. The number of rotatable bonds is 6. The molecule has 0 bridgehead atoms. The third kappa shape index (κ3) is 4.52. The van der Waals surface area contributed by atoms with E-state index in [4.69, 9.17) is 9.40 Å². The Bertz CT molecular complexity index is 1710. The van der Waals surface area contributed by atoms with Crippen LogP contribution in [0.15, 0.2) is 120 Å². The van der Waals surface area contributed by atoms with Crippen molar-refractivity contribution in [2.75, 3.05) is 7.05 Å². The van der Waals surface area contributed by atoms with Crippen LogP contribution in [-0.4, -0.2) is 23.0 Å². The van der Waals surface area contributed by atoms with E-state index in [9.17, 15) is 0 Å². The van der Waals surface area contributed by atoms with E-state index in [1.165, 1.54) is 28.8 Å². The Labute approximate surface area is 256 Å². The van der Waals surface area contributed by atoms with Gasteiger partial charge in [-0.05, 0) is 83.4 Å². The predicted molar refractivity (Wildman–Crippen MR) is 179 cm³/mol. The van der Waals surface area contributed by atoms with E-state index in [1.807, 2.05) is 30.3 Å². The molecule has 0 fully saturated rings. The van der Waals surface area contributed by atoms with Crippen molar-refractivity contribution in [3.05, 3.63) is 138 Å². The van der Waals surface area contributed by atoms with Gasteiger partial charge in [0.05, 0.1) is 0 Å². The van der Waals surface area contributed by atoms with Crippen LogP contribution in [0.1, 0.15) is 68.0 Å². The first kappa shape index (κ1) is 27.7. The largest absolute Gasteiger partial charge is 0.436 e. The van der Waals surface area contributed by atoms with E-state index in [1.54, 1.807) is 5.56 Å². The number of nitrogens with zero attached hydrogens (tertiary/aromatic N) is 2. The molecule has 3 heteroatoms. The molecule has 5 unspecified atom stereocenters. The van der Waals surface area contributed by atoms with Crippen LogP contribution >= 0.6 is 0 Å². The van der Waals surface area contributed by atoms with Crippen molar-refractivity contribution in [3.8, 4) is 0 Å². The fraction of sp³-hybridized carbons (Fsp3) is 0.325. The van der Waals surface area contributed by atoms with Crippen molar-refractivity contribution >= 4 is 22.7 Å². The molecule has 4 aliphatic rings. The lowest BCUT2D eigenvalue weighted by molar-refractivity contribution is 0.152. The van der Waals surface area contributed by atoms with Gasteiger partial charge in [-0.25, -0.2) is 4.98 Å². The first-order valence-corrected chi connectivity index (χ1v) is 15.8. The summed E-state index contributed by atoms with van der Waals surface area (Å²) in [4.78, 5) is 7.33. The van der Waals surface area contributed by atoms with Gasteiger partial charge in [-0.2, -0.15) is 0 Å². The summed E-state index contributed by atoms with van der Waals surface area (Å²) in [5.74, 6) is 2.40. The van der Waals surface area contributed by atoms with E-state index < -0.39 is 0 Å². The molecule has 0 aliphatic heterocycles. The van der Waals surface area contributed by atoms with Crippen molar-refractivity contribution < 1.29 is 4.42 Å².